The Kier molecular flexibility index (Phi) is 3.78. The molecule has 0 bridgehead atoms. The Morgan fingerprint density at radius 1 is 1.40 bits per heavy atom. The minimum atomic E-state index is 0.399. The van der Waals surface area contributed by atoms with Crippen LogP contribution in [-0.2, 0) is 13.0 Å². The van der Waals surface area contributed by atoms with Gasteiger partial charge in [0.25, 0.3) is 0 Å². The highest BCUT2D eigenvalue weighted by Gasteiger charge is 2.21. The molecule has 1 atom stereocenters. The van der Waals surface area contributed by atoms with Crippen LogP contribution in [0.5, 0.6) is 0 Å². The zero-order valence-electron chi connectivity index (χ0n) is 12.1. The second kappa shape index (κ2) is 5.71. The van der Waals surface area contributed by atoms with E-state index in [1.807, 2.05) is 30.3 Å². The van der Waals surface area contributed by atoms with E-state index in [0.717, 1.165) is 30.8 Å². The van der Waals surface area contributed by atoms with Crippen LogP contribution >= 0.6 is 0 Å². The van der Waals surface area contributed by atoms with Gasteiger partial charge in [-0.25, -0.2) is 9.97 Å². The van der Waals surface area contributed by atoms with Gasteiger partial charge in [-0.3, -0.25) is 4.68 Å². The first-order valence-electron chi connectivity index (χ1n) is 7.37. The first-order chi connectivity index (χ1) is 9.81. The van der Waals surface area contributed by atoms with Gasteiger partial charge in [-0.05, 0) is 32.7 Å². The van der Waals surface area contributed by atoms with Gasteiger partial charge in [-0.1, -0.05) is 6.92 Å². The van der Waals surface area contributed by atoms with Crippen molar-refractivity contribution in [2.45, 2.75) is 45.2 Å². The zero-order chi connectivity index (χ0) is 13.9. The van der Waals surface area contributed by atoms with Crippen LogP contribution in [0.1, 0.15) is 43.5 Å². The van der Waals surface area contributed by atoms with Crippen molar-refractivity contribution >= 4 is 0 Å². The van der Waals surface area contributed by atoms with E-state index in [4.69, 9.17) is 4.98 Å². The molecule has 1 N–H and O–H groups in total. The monoisotopic (exact) mass is 271 g/mol. The van der Waals surface area contributed by atoms with Crippen LogP contribution in [0.15, 0.2) is 18.6 Å². The predicted molar refractivity (Wildman–Crippen MR) is 78.3 cm³/mol. The highest BCUT2D eigenvalue weighted by atomic mass is 15.3. The Morgan fingerprint density at radius 2 is 2.30 bits per heavy atom. The lowest BCUT2D eigenvalue weighted by Gasteiger charge is -2.23. The normalized spacial score (nSPS) is 18.0. The molecule has 0 aromatic carbocycles. The molecule has 5 nitrogen and oxygen atoms in total. The summed E-state index contributed by atoms with van der Waals surface area (Å²) in [5, 5.41) is 7.69. The molecule has 0 fully saturated rings. The second-order valence-corrected chi connectivity index (χ2v) is 5.32. The summed E-state index contributed by atoms with van der Waals surface area (Å²) < 4.78 is 1.95. The fourth-order valence-corrected chi connectivity index (χ4v) is 2.82. The van der Waals surface area contributed by atoms with E-state index >= 15 is 0 Å². The minimum Gasteiger partial charge on any atom is -0.313 e. The maximum absolute atomic E-state index is 4.75. The third kappa shape index (κ3) is 2.45. The molecule has 5 heteroatoms. The molecule has 106 valence electrons. The van der Waals surface area contributed by atoms with Gasteiger partial charge in [0.05, 0.1) is 11.8 Å². The predicted octanol–water partition coefficient (Wildman–Crippen LogP) is 2.35. The van der Waals surface area contributed by atoms with E-state index in [1.165, 1.54) is 24.1 Å². The average molecular weight is 271 g/mol. The fourth-order valence-electron chi connectivity index (χ4n) is 2.82. The molecule has 0 amide bonds. The molecule has 0 spiro atoms. The Bertz CT molecular complexity index is 590. The summed E-state index contributed by atoms with van der Waals surface area (Å²) in [6.07, 6.45) is 10.3. The Hall–Kier alpha value is -1.75. The number of rotatable bonds is 4. The van der Waals surface area contributed by atoms with E-state index in [1.54, 1.807) is 0 Å². The molecule has 0 saturated heterocycles. The smallest absolute Gasteiger partial charge is 0.162 e. The van der Waals surface area contributed by atoms with Gasteiger partial charge in [0.1, 0.15) is 0 Å². The van der Waals surface area contributed by atoms with E-state index in [0.29, 0.717) is 6.04 Å². The minimum absolute atomic E-state index is 0.399. The van der Waals surface area contributed by atoms with Crippen LogP contribution in [0.25, 0.3) is 11.4 Å². The van der Waals surface area contributed by atoms with Crippen LogP contribution in [0.3, 0.4) is 0 Å². The molecule has 0 saturated carbocycles. The molecule has 1 unspecified atom stereocenters. The Labute approximate surface area is 119 Å². The molecule has 2 heterocycles. The largest absolute Gasteiger partial charge is 0.313 e. The van der Waals surface area contributed by atoms with Crippen molar-refractivity contribution in [2.75, 3.05) is 7.05 Å². The molecular weight excluding hydrogens is 250 g/mol. The summed E-state index contributed by atoms with van der Waals surface area (Å²) in [5.74, 6) is 0.794. The Morgan fingerprint density at radius 3 is 3.10 bits per heavy atom. The molecule has 0 radical (unpaired) electrons. The Balaban J connectivity index is 1.91. The lowest BCUT2D eigenvalue weighted by Crippen LogP contribution is -2.22. The van der Waals surface area contributed by atoms with Crippen molar-refractivity contribution in [1.29, 1.82) is 0 Å². The number of hydrogen-bond acceptors (Lipinski definition) is 4. The average Bonchev–Trinajstić information content (AvgIpc) is 2.95. The van der Waals surface area contributed by atoms with Crippen molar-refractivity contribution in [3.05, 3.63) is 29.8 Å². The molecule has 2 aromatic heterocycles. The topological polar surface area (TPSA) is 55.6 Å². The molecular formula is C15H21N5. The number of aromatic nitrogens is 4. The highest BCUT2D eigenvalue weighted by Crippen LogP contribution is 2.29. The van der Waals surface area contributed by atoms with E-state index in [2.05, 4.69) is 22.3 Å². The quantitative estimate of drug-likeness (QED) is 0.927. The number of hydrogen-bond donors (Lipinski definition) is 1. The third-order valence-electron chi connectivity index (χ3n) is 3.87. The number of nitrogens with one attached hydrogen (secondary N) is 1. The van der Waals surface area contributed by atoms with Crippen molar-refractivity contribution in [3.63, 3.8) is 0 Å². The highest BCUT2D eigenvalue weighted by molar-refractivity contribution is 5.52. The molecule has 3 rings (SSSR count). The summed E-state index contributed by atoms with van der Waals surface area (Å²) in [6, 6.07) is 0.399. The van der Waals surface area contributed by atoms with Crippen LogP contribution in [0.4, 0.5) is 0 Å². The summed E-state index contributed by atoms with van der Waals surface area (Å²) in [6.45, 7) is 3.08. The fraction of sp³-hybridized carbons (Fsp3) is 0.533. The first-order valence-corrected chi connectivity index (χ1v) is 7.37. The summed E-state index contributed by atoms with van der Waals surface area (Å²) in [7, 11) is 2.00. The van der Waals surface area contributed by atoms with Crippen LogP contribution < -0.4 is 5.32 Å². The van der Waals surface area contributed by atoms with Gasteiger partial charge in [-0.2, -0.15) is 5.10 Å². The molecule has 1 aliphatic carbocycles. The molecule has 0 aliphatic heterocycles. The van der Waals surface area contributed by atoms with Gasteiger partial charge >= 0.3 is 0 Å². The van der Waals surface area contributed by atoms with Gasteiger partial charge in [-0.15, -0.1) is 0 Å². The van der Waals surface area contributed by atoms with Crippen molar-refractivity contribution in [2.24, 2.45) is 0 Å². The van der Waals surface area contributed by atoms with Crippen molar-refractivity contribution in [3.8, 4) is 11.4 Å². The van der Waals surface area contributed by atoms with E-state index < -0.39 is 0 Å². The molecule has 20 heavy (non-hydrogen) atoms. The molecule has 2 aromatic rings. The summed E-state index contributed by atoms with van der Waals surface area (Å²) in [4.78, 5) is 9.28. The lowest BCUT2D eigenvalue weighted by atomic mass is 9.92. The second-order valence-electron chi connectivity index (χ2n) is 5.32. The number of nitrogens with zero attached hydrogens (tertiary/aromatic N) is 4. The SMILES string of the molecule is CCCn1cc(-c2ncc3c(n2)CCCC3NC)cn1. The zero-order valence-corrected chi connectivity index (χ0v) is 12.1. The first kappa shape index (κ1) is 13.2. The van der Waals surface area contributed by atoms with E-state index in [9.17, 15) is 0 Å². The number of aryl methyl sites for hydroxylation is 2. The maximum atomic E-state index is 4.75. The maximum Gasteiger partial charge on any atom is 0.162 e. The summed E-state index contributed by atoms with van der Waals surface area (Å²) >= 11 is 0. The van der Waals surface area contributed by atoms with Crippen LogP contribution in [0, 0.1) is 0 Å². The van der Waals surface area contributed by atoms with Crippen LogP contribution in [0.2, 0.25) is 0 Å². The van der Waals surface area contributed by atoms with Gasteiger partial charge in [0, 0.05) is 36.2 Å². The van der Waals surface area contributed by atoms with E-state index in [-0.39, 0.29) is 0 Å². The lowest BCUT2D eigenvalue weighted by molar-refractivity contribution is 0.488. The van der Waals surface area contributed by atoms with Gasteiger partial charge in [0.15, 0.2) is 5.82 Å². The van der Waals surface area contributed by atoms with Crippen molar-refractivity contribution < 1.29 is 0 Å². The summed E-state index contributed by atoms with van der Waals surface area (Å²) in [5.41, 5.74) is 3.44. The van der Waals surface area contributed by atoms with Gasteiger partial charge < -0.3 is 5.32 Å². The molecule has 1 aliphatic rings. The van der Waals surface area contributed by atoms with Gasteiger partial charge in [0.2, 0.25) is 0 Å². The standard InChI is InChI=1S/C15H21N5/c1-3-7-20-10-11(8-18-20)15-17-9-12-13(16-2)5-4-6-14(12)19-15/h8-10,13,16H,3-7H2,1-2H3. The third-order valence-corrected chi connectivity index (χ3v) is 3.87. The van der Waals surface area contributed by atoms with Crippen molar-refractivity contribution in [1.82, 2.24) is 25.1 Å². The number of fused-ring (bicyclic) bond motifs is 1. The van der Waals surface area contributed by atoms with Crippen LogP contribution in [-0.4, -0.2) is 26.8 Å².